The first-order valence-corrected chi connectivity index (χ1v) is 3.85. The average molecular weight is 187 g/mol. The summed E-state index contributed by atoms with van der Waals surface area (Å²) in [5.74, 6) is -1.58. The van der Waals surface area contributed by atoms with Gasteiger partial charge in [-0.15, -0.1) is 0 Å². The zero-order valence-corrected chi connectivity index (χ0v) is 7.40. The molecule has 0 aromatic heterocycles. The lowest BCUT2D eigenvalue weighted by atomic mass is 10.2. The molecule has 3 N–H and O–H groups in total. The number of allylic oxidation sites excluding steroid dienone is 1. The van der Waals surface area contributed by atoms with Gasteiger partial charge in [0.1, 0.15) is 6.04 Å². The van der Waals surface area contributed by atoms with Crippen molar-refractivity contribution < 1.29 is 19.4 Å². The second-order valence-corrected chi connectivity index (χ2v) is 2.40. The molecule has 0 fully saturated rings. The summed E-state index contributed by atoms with van der Waals surface area (Å²) in [4.78, 5) is 20.9. The van der Waals surface area contributed by atoms with Gasteiger partial charge in [-0.05, 0) is 6.92 Å². The van der Waals surface area contributed by atoms with Crippen LogP contribution in [0.25, 0.3) is 0 Å². The fraction of sp³-hybridized carbons (Fsp3) is 0.500. The molecule has 74 valence electrons. The van der Waals surface area contributed by atoms with Gasteiger partial charge in [0.2, 0.25) is 0 Å². The molecule has 0 saturated heterocycles. The molecular weight excluding hydrogens is 174 g/mol. The highest BCUT2D eigenvalue weighted by molar-refractivity contribution is 5.81. The minimum Gasteiger partial charge on any atom is -0.480 e. The molecule has 5 heteroatoms. The largest absolute Gasteiger partial charge is 0.480 e. The van der Waals surface area contributed by atoms with E-state index in [0.717, 1.165) is 0 Å². The Morgan fingerprint density at radius 3 is 2.69 bits per heavy atom. The quantitative estimate of drug-likeness (QED) is 0.463. The maximum absolute atomic E-state index is 10.7. The Morgan fingerprint density at radius 2 is 2.23 bits per heavy atom. The molecule has 0 rings (SSSR count). The second-order valence-electron chi connectivity index (χ2n) is 2.40. The van der Waals surface area contributed by atoms with Gasteiger partial charge in [-0.25, -0.2) is 4.79 Å². The Balaban J connectivity index is 3.56. The maximum atomic E-state index is 10.7. The first kappa shape index (κ1) is 11.6. The van der Waals surface area contributed by atoms with Gasteiger partial charge in [-0.1, -0.05) is 6.08 Å². The molecule has 0 unspecified atom stereocenters. The molecule has 0 aliphatic rings. The predicted molar refractivity (Wildman–Crippen MR) is 46.0 cm³/mol. The third-order valence-corrected chi connectivity index (χ3v) is 1.29. The van der Waals surface area contributed by atoms with Crippen LogP contribution < -0.4 is 5.73 Å². The fourth-order valence-corrected chi connectivity index (χ4v) is 0.594. The molecule has 0 radical (unpaired) electrons. The van der Waals surface area contributed by atoms with Crippen LogP contribution in [0.15, 0.2) is 12.2 Å². The van der Waals surface area contributed by atoms with E-state index in [1.54, 1.807) is 13.0 Å². The van der Waals surface area contributed by atoms with Crippen LogP contribution in [0.5, 0.6) is 0 Å². The molecule has 0 aliphatic carbocycles. The molecule has 0 aromatic rings. The van der Waals surface area contributed by atoms with E-state index in [2.05, 4.69) is 4.74 Å². The summed E-state index contributed by atoms with van der Waals surface area (Å²) in [5.41, 5.74) is 5.17. The molecule has 0 bridgehead atoms. The minimum atomic E-state index is -1.10. The SMILES string of the molecule is C/C=C/C(=O)OCC[C@H](N)C(=O)O. The van der Waals surface area contributed by atoms with Crippen molar-refractivity contribution in [3.8, 4) is 0 Å². The van der Waals surface area contributed by atoms with E-state index in [-0.39, 0.29) is 13.0 Å². The number of carbonyl (C=O) groups is 2. The van der Waals surface area contributed by atoms with Gasteiger partial charge in [-0.2, -0.15) is 0 Å². The summed E-state index contributed by atoms with van der Waals surface area (Å²) in [6.07, 6.45) is 2.92. The zero-order chi connectivity index (χ0) is 10.3. The number of hydrogen-bond donors (Lipinski definition) is 2. The van der Waals surface area contributed by atoms with Gasteiger partial charge in [0.15, 0.2) is 0 Å². The van der Waals surface area contributed by atoms with Crippen molar-refractivity contribution >= 4 is 11.9 Å². The molecule has 0 spiro atoms. The number of esters is 1. The Kier molecular flexibility index (Phi) is 5.54. The molecule has 0 amide bonds. The Bertz CT molecular complexity index is 212. The van der Waals surface area contributed by atoms with Gasteiger partial charge in [0.05, 0.1) is 6.61 Å². The van der Waals surface area contributed by atoms with E-state index in [4.69, 9.17) is 10.8 Å². The topological polar surface area (TPSA) is 89.6 Å². The van der Waals surface area contributed by atoms with Gasteiger partial charge >= 0.3 is 11.9 Å². The van der Waals surface area contributed by atoms with Crippen molar-refractivity contribution in [3.05, 3.63) is 12.2 Å². The highest BCUT2D eigenvalue weighted by Gasteiger charge is 2.11. The van der Waals surface area contributed by atoms with Crippen LogP contribution in [0, 0.1) is 0 Å². The lowest BCUT2D eigenvalue weighted by Crippen LogP contribution is -2.31. The van der Waals surface area contributed by atoms with Crippen LogP contribution in [0.1, 0.15) is 13.3 Å². The Hall–Kier alpha value is -1.36. The monoisotopic (exact) mass is 187 g/mol. The van der Waals surface area contributed by atoms with E-state index in [9.17, 15) is 9.59 Å². The zero-order valence-electron chi connectivity index (χ0n) is 7.40. The molecule has 0 saturated carbocycles. The van der Waals surface area contributed by atoms with Gasteiger partial charge in [0, 0.05) is 12.5 Å². The summed E-state index contributed by atoms with van der Waals surface area (Å²) < 4.78 is 4.63. The predicted octanol–water partition coefficient (Wildman–Crippen LogP) is -0.0923. The van der Waals surface area contributed by atoms with Crippen molar-refractivity contribution in [1.82, 2.24) is 0 Å². The second kappa shape index (κ2) is 6.19. The fourth-order valence-electron chi connectivity index (χ4n) is 0.594. The highest BCUT2D eigenvalue weighted by Crippen LogP contribution is 1.91. The van der Waals surface area contributed by atoms with Gasteiger partial charge in [0.25, 0.3) is 0 Å². The summed E-state index contributed by atoms with van der Waals surface area (Å²) >= 11 is 0. The summed E-state index contributed by atoms with van der Waals surface area (Å²) in [5, 5.41) is 8.37. The summed E-state index contributed by atoms with van der Waals surface area (Å²) in [7, 11) is 0. The van der Waals surface area contributed by atoms with E-state index < -0.39 is 18.0 Å². The van der Waals surface area contributed by atoms with Gasteiger partial charge < -0.3 is 15.6 Å². The summed E-state index contributed by atoms with van der Waals surface area (Å²) in [6, 6.07) is -0.974. The van der Waals surface area contributed by atoms with E-state index in [1.807, 2.05) is 0 Å². The van der Waals surface area contributed by atoms with Crippen LogP contribution in [-0.4, -0.2) is 29.7 Å². The van der Waals surface area contributed by atoms with Crippen molar-refractivity contribution in [1.29, 1.82) is 0 Å². The third-order valence-electron chi connectivity index (χ3n) is 1.29. The number of carboxylic acid groups (broad SMARTS) is 1. The normalized spacial score (nSPS) is 12.8. The van der Waals surface area contributed by atoms with Crippen molar-refractivity contribution in [3.63, 3.8) is 0 Å². The summed E-state index contributed by atoms with van der Waals surface area (Å²) in [6.45, 7) is 1.71. The van der Waals surface area contributed by atoms with E-state index in [1.165, 1.54) is 6.08 Å². The first-order chi connectivity index (χ1) is 6.07. The van der Waals surface area contributed by atoms with Gasteiger partial charge in [-0.3, -0.25) is 4.79 Å². The highest BCUT2D eigenvalue weighted by atomic mass is 16.5. The van der Waals surface area contributed by atoms with Crippen LogP contribution >= 0.6 is 0 Å². The third kappa shape index (κ3) is 5.86. The lowest BCUT2D eigenvalue weighted by molar-refractivity contribution is -0.142. The van der Waals surface area contributed by atoms with Crippen LogP contribution in [0.4, 0.5) is 0 Å². The van der Waals surface area contributed by atoms with E-state index in [0.29, 0.717) is 0 Å². The molecular formula is C8H13NO4. The molecule has 5 nitrogen and oxygen atoms in total. The van der Waals surface area contributed by atoms with E-state index >= 15 is 0 Å². The number of aliphatic carboxylic acids is 1. The van der Waals surface area contributed by atoms with Crippen molar-refractivity contribution in [2.45, 2.75) is 19.4 Å². The van der Waals surface area contributed by atoms with Crippen LogP contribution in [0.3, 0.4) is 0 Å². The lowest BCUT2D eigenvalue weighted by Gasteiger charge is -2.05. The first-order valence-electron chi connectivity index (χ1n) is 3.85. The van der Waals surface area contributed by atoms with Crippen molar-refractivity contribution in [2.24, 2.45) is 5.73 Å². The van der Waals surface area contributed by atoms with Crippen LogP contribution in [0.2, 0.25) is 0 Å². The number of carbonyl (C=O) groups excluding carboxylic acids is 1. The molecule has 0 aliphatic heterocycles. The number of rotatable bonds is 5. The maximum Gasteiger partial charge on any atom is 0.330 e. The number of nitrogens with two attached hydrogens (primary N) is 1. The smallest absolute Gasteiger partial charge is 0.330 e. The molecule has 13 heavy (non-hydrogen) atoms. The molecule has 1 atom stereocenters. The number of hydrogen-bond acceptors (Lipinski definition) is 4. The number of carboxylic acids is 1. The average Bonchev–Trinajstić information content (AvgIpc) is 2.04. The standard InChI is InChI=1S/C8H13NO4/c1-2-3-7(10)13-5-4-6(9)8(11)12/h2-3,6H,4-5,9H2,1H3,(H,11,12)/b3-2+/t6-/m0/s1. The van der Waals surface area contributed by atoms with Crippen molar-refractivity contribution in [2.75, 3.05) is 6.61 Å². The Morgan fingerprint density at radius 1 is 1.62 bits per heavy atom. The molecule has 0 heterocycles. The number of ether oxygens (including phenoxy) is 1. The minimum absolute atomic E-state index is 0.0244. The Labute approximate surface area is 76.2 Å². The molecule has 0 aromatic carbocycles. The van der Waals surface area contributed by atoms with Crippen LogP contribution in [-0.2, 0) is 14.3 Å².